The molecule has 0 saturated heterocycles. The summed E-state index contributed by atoms with van der Waals surface area (Å²) in [4.78, 5) is 21.5. The maximum absolute atomic E-state index is 11.0. The van der Waals surface area contributed by atoms with E-state index >= 15 is 0 Å². The molecule has 0 heterocycles. The molecule has 0 radical (unpaired) electrons. The first-order chi connectivity index (χ1) is 6.16. The Balaban J connectivity index is 0. The van der Waals surface area contributed by atoms with E-state index in [1.807, 2.05) is 0 Å². The summed E-state index contributed by atoms with van der Waals surface area (Å²) < 4.78 is 4.89. The molecule has 4 nitrogen and oxygen atoms in total. The van der Waals surface area contributed by atoms with Gasteiger partial charge in [0.05, 0.1) is 6.61 Å². The van der Waals surface area contributed by atoms with Crippen LogP contribution in [0.3, 0.4) is 0 Å². The van der Waals surface area contributed by atoms with Crippen LogP contribution in [0.2, 0.25) is 0 Å². The third kappa shape index (κ3) is 11.8. The number of ether oxygens (including phenoxy) is 1. The van der Waals surface area contributed by atoms with E-state index in [1.54, 1.807) is 0 Å². The molecule has 0 bridgehead atoms. The zero-order valence-electron chi connectivity index (χ0n) is 8.38. The van der Waals surface area contributed by atoms with Gasteiger partial charge in [-0.1, -0.05) is 6.61 Å². The molecule has 82 valence electrons. The predicted octanol–water partition coefficient (Wildman–Crippen LogP) is 0.320. The van der Waals surface area contributed by atoms with Crippen LogP contribution in [0.25, 0.3) is 0 Å². The van der Waals surface area contributed by atoms with E-state index in [0.29, 0.717) is 32.6 Å². The van der Waals surface area contributed by atoms with Crippen LogP contribution in [0.4, 0.5) is 0 Å². The molecular weight excluding hydrogens is 354 g/mol. The second-order valence-corrected chi connectivity index (χ2v) is 2.66. The standard InChI is InChI=1S/C9H16NO3.W/c1-3-13-7-5-9(12)10-6-4-8(2)11;/h1,3-7H2,2H3,(H,10,12);/q-1;. The van der Waals surface area contributed by atoms with Crippen molar-refractivity contribution in [3.63, 3.8) is 0 Å². The van der Waals surface area contributed by atoms with Gasteiger partial charge in [0.2, 0.25) is 5.91 Å². The molecule has 14 heavy (non-hydrogen) atoms. The number of hydrogen-bond acceptors (Lipinski definition) is 3. The van der Waals surface area contributed by atoms with Gasteiger partial charge in [-0.2, -0.15) is 0 Å². The number of Topliss-reactive ketones (excluding diaryl/α,β-unsaturated/α-hetero) is 1. The normalized spacial score (nSPS) is 9.00. The Kier molecular flexibility index (Phi) is 12.6. The van der Waals surface area contributed by atoms with Gasteiger partial charge in [0.15, 0.2) is 0 Å². The Labute approximate surface area is 99.0 Å². The fraction of sp³-hybridized carbons (Fsp3) is 0.667. The second kappa shape index (κ2) is 10.9. The van der Waals surface area contributed by atoms with Gasteiger partial charge in [-0.3, -0.25) is 9.59 Å². The van der Waals surface area contributed by atoms with E-state index in [4.69, 9.17) is 4.74 Å². The minimum atomic E-state index is -0.0882. The average molecular weight is 370 g/mol. The Morgan fingerprint density at radius 3 is 2.50 bits per heavy atom. The molecular formula is C9H16NO3W-. The minimum Gasteiger partial charge on any atom is -0.413 e. The Hall–Kier alpha value is -0.212. The van der Waals surface area contributed by atoms with Crippen LogP contribution in [0, 0.1) is 6.92 Å². The van der Waals surface area contributed by atoms with Gasteiger partial charge < -0.3 is 17.0 Å². The van der Waals surface area contributed by atoms with E-state index in [0.717, 1.165) is 0 Å². The van der Waals surface area contributed by atoms with Gasteiger partial charge in [-0.15, -0.1) is 0 Å². The molecule has 0 unspecified atom stereocenters. The molecule has 0 aliphatic rings. The first-order valence-electron chi connectivity index (χ1n) is 4.30. The van der Waals surface area contributed by atoms with Gasteiger partial charge in [0.1, 0.15) is 5.78 Å². The molecule has 0 aliphatic carbocycles. The molecule has 0 aromatic heterocycles. The number of amides is 1. The van der Waals surface area contributed by atoms with Gasteiger partial charge in [0, 0.05) is 40.5 Å². The summed E-state index contributed by atoms with van der Waals surface area (Å²) in [7, 11) is 0. The topological polar surface area (TPSA) is 55.4 Å². The molecule has 5 heteroatoms. The van der Waals surface area contributed by atoms with E-state index in [9.17, 15) is 9.59 Å². The fourth-order valence-corrected chi connectivity index (χ4v) is 0.733. The van der Waals surface area contributed by atoms with E-state index in [1.165, 1.54) is 6.92 Å². The summed E-state index contributed by atoms with van der Waals surface area (Å²) >= 11 is 0. The molecule has 0 saturated carbocycles. The maximum Gasteiger partial charge on any atom is 0.222 e. The molecule has 0 fully saturated rings. The van der Waals surface area contributed by atoms with Crippen molar-refractivity contribution in [1.82, 2.24) is 5.32 Å². The van der Waals surface area contributed by atoms with Crippen LogP contribution in [-0.2, 0) is 35.4 Å². The summed E-state index contributed by atoms with van der Waals surface area (Å²) in [5.74, 6) is -0.0102. The first kappa shape index (κ1) is 16.2. The number of nitrogens with one attached hydrogen (secondary N) is 1. The zero-order chi connectivity index (χ0) is 10.1. The third-order valence-corrected chi connectivity index (χ3v) is 1.42. The van der Waals surface area contributed by atoms with Crippen molar-refractivity contribution in [2.45, 2.75) is 19.8 Å². The summed E-state index contributed by atoms with van der Waals surface area (Å²) in [6.45, 7) is 6.14. The second-order valence-electron chi connectivity index (χ2n) is 2.66. The predicted molar refractivity (Wildman–Crippen MR) is 49.1 cm³/mol. The molecule has 1 N–H and O–H groups in total. The first-order valence-corrected chi connectivity index (χ1v) is 4.30. The largest absolute Gasteiger partial charge is 0.413 e. The van der Waals surface area contributed by atoms with Crippen molar-refractivity contribution in [1.29, 1.82) is 0 Å². The SMILES string of the molecule is [CH2-]COCCC(=O)NCCC(C)=O.[W]. The van der Waals surface area contributed by atoms with Crippen molar-refractivity contribution < 1.29 is 35.4 Å². The van der Waals surface area contributed by atoms with Crippen LogP contribution in [0.1, 0.15) is 19.8 Å². The molecule has 0 atom stereocenters. The van der Waals surface area contributed by atoms with Crippen molar-refractivity contribution in [3.8, 4) is 0 Å². The molecule has 1 amide bonds. The number of rotatable bonds is 7. The summed E-state index contributed by atoms with van der Waals surface area (Å²) in [5, 5.41) is 2.61. The third-order valence-electron chi connectivity index (χ3n) is 1.42. The van der Waals surface area contributed by atoms with Gasteiger partial charge in [-0.25, -0.2) is 0 Å². The van der Waals surface area contributed by atoms with Crippen LogP contribution >= 0.6 is 0 Å². The van der Waals surface area contributed by atoms with Crippen LogP contribution < -0.4 is 5.32 Å². The van der Waals surface area contributed by atoms with Crippen LogP contribution in [-0.4, -0.2) is 31.4 Å². The maximum atomic E-state index is 11.0. The minimum absolute atomic E-state index is 0. The molecule has 0 spiro atoms. The Morgan fingerprint density at radius 1 is 1.36 bits per heavy atom. The number of carbonyl (C=O) groups excluding carboxylic acids is 2. The van der Waals surface area contributed by atoms with Gasteiger partial charge in [0.25, 0.3) is 0 Å². The smallest absolute Gasteiger partial charge is 0.222 e. The number of ketones is 1. The summed E-state index contributed by atoms with van der Waals surface area (Å²) in [6, 6.07) is 0. The molecule has 0 aromatic carbocycles. The number of carbonyl (C=O) groups is 2. The van der Waals surface area contributed by atoms with E-state index in [-0.39, 0.29) is 32.8 Å². The Bertz CT molecular complexity index is 173. The van der Waals surface area contributed by atoms with Crippen LogP contribution in [0.5, 0.6) is 0 Å². The van der Waals surface area contributed by atoms with E-state index < -0.39 is 0 Å². The van der Waals surface area contributed by atoms with Crippen LogP contribution in [0.15, 0.2) is 0 Å². The van der Waals surface area contributed by atoms with Crippen molar-refractivity contribution in [3.05, 3.63) is 6.92 Å². The summed E-state index contributed by atoms with van der Waals surface area (Å²) in [5.41, 5.74) is 0. The quantitative estimate of drug-likeness (QED) is 0.519. The molecule has 0 aromatic rings. The van der Waals surface area contributed by atoms with Crippen molar-refractivity contribution in [2.24, 2.45) is 0 Å². The molecule has 0 rings (SSSR count). The Morgan fingerprint density at radius 2 is 2.00 bits per heavy atom. The van der Waals surface area contributed by atoms with Crippen molar-refractivity contribution in [2.75, 3.05) is 19.8 Å². The van der Waals surface area contributed by atoms with Gasteiger partial charge >= 0.3 is 0 Å². The zero-order valence-corrected chi connectivity index (χ0v) is 11.3. The van der Waals surface area contributed by atoms with Crippen molar-refractivity contribution >= 4 is 11.7 Å². The monoisotopic (exact) mass is 370 g/mol. The van der Waals surface area contributed by atoms with E-state index in [2.05, 4.69) is 12.2 Å². The molecule has 0 aliphatic heterocycles. The number of hydrogen-bond donors (Lipinski definition) is 1. The fourth-order valence-electron chi connectivity index (χ4n) is 0.733. The summed E-state index contributed by atoms with van der Waals surface area (Å²) in [6.07, 6.45) is 0.718. The van der Waals surface area contributed by atoms with Gasteiger partial charge in [-0.05, 0) is 6.92 Å². The average Bonchev–Trinajstić information content (AvgIpc) is 2.04.